The van der Waals surface area contributed by atoms with Gasteiger partial charge in [-0.15, -0.1) is 0 Å². The van der Waals surface area contributed by atoms with Gasteiger partial charge in [-0.2, -0.15) is 0 Å². The van der Waals surface area contributed by atoms with Gasteiger partial charge in [-0.25, -0.2) is 0 Å². The van der Waals surface area contributed by atoms with Crippen molar-refractivity contribution in [3.63, 3.8) is 0 Å². The van der Waals surface area contributed by atoms with Crippen LogP contribution >= 0.6 is 0 Å². The van der Waals surface area contributed by atoms with Crippen molar-refractivity contribution in [1.29, 1.82) is 0 Å². The minimum atomic E-state index is 0.146. The highest BCUT2D eigenvalue weighted by atomic mass is 16.3. The van der Waals surface area contributed by atoms with Crippen LogP contribution in [0.1, 0.15) is 143 Å². The van der Waals surface area contributed by atoms with Crippen LogP contribution in [-0.2, 0) is 16.2 Å². The SMILES string of the molecule is CC(C)(C)C1CCCC1.Cc1ccc(C(C)(C)C)o1.Cc1ccoc1C(C)(C)C.Cc1coc(C(C)(C)C)c1. The number of furan rings is 3. The van der Waals surface area contributed by atoms with Crippen LogP contribution in [0.15, 0.2) is 50.0 Å². The first-order chi connectivity index (χ1) is 17.6. The van der Waals surface area contributed by atoms with Gasteiger partial charge in [-0.1, -0.05) is 95.9 Å². The Morgan fingerprint density at radius 1 is 0.641 bits per heavy atom. The van der Waals surface area contributed by atoms with Crippen LogP contribution in [0.2, 0.25) is 0 Å². The molecule has 0 unspecified atom stereocenters. The standard InChI is InChI=1S/3C9H14O.C9H18/c1-7-5-8(10-6-7)9(2,3)4;1-7-5-6-10-8(7)9(2,3)4;1-7-5-6-8(10-7)9(2,3)4;1-9(2,3)8-6-4-5-7-8/h3*5-6H,1-4H3;8H,4-7H2,1-3H3. The van der Waals surface area contributed by atoms with Crippen molar-refractivity contribution in [3.8, 4) is 0 Å². The fourth-order valence-electron chi connectivity index (χ4n) is 4.60. The van der Waals surface area contributed by atoms with Gasteiger partial charge in [0, 0.05) is 16.2 Å². The Morgan fingerprint density at radius 3 is 1.38 bits per heavy atom. The topological polar surface area (TPSA) is 39.4 Å². The van der Waals surface area contributed by atoms with E-state index in [2.05, 4.69) is 96.1 Å². The van der Waals surface area contributed by atoms with Crippen LogP contribution in [0.4, 0.5) is 0 Å². The zero-order valence-electron chi connectivity index (χ0n) is 28.1. The summed E-state index contributed by atoms with van der Waals surface area (Å²) in [6.07, 6.45) is 9.44. The second-order valence-corrected chi connectivity index (χ2v) is 15.4. The van der Waals surface area contributed by atoms with E-state index in [4.69, 9.17) is 13.3 Å². The maximum absolute atomic E-state index is 5.45. The quantitative estimate of drug-likeness (QED) is 0.284. The Balaban J connectivity index is 0.000000260. The van der Waals surface area contributed by atoms with Gasteiger partial charge in [-0.05, 0) is 80.3 Å². The third-order valence-corrected chi connectivity index (χ3v) is 7.07. The second-order valence-electron chi connectivity index (χ2n) is 15.4. The van der Waals surface area contributed by atoms with Crippen molar-refractivity contribution in [2.45, 2.75) is 146 Å². The van der Waals surface area contributed by atoms with Crippen LogP contribution in [-0.4, -0.2) is 0 Å². The fourth-order valence-corrected chi connectivity index (χ4v) is 4.60. The molecule has 3 nitrogen and oxygen atoms in total. The predicted molar refractivity (Wildman–Crippen MR) is 168 cm³/mol. The van der Waals surface area contributed by atoms with Gasteiger partial charge < -0.3 is 13.3 Å². The molecular weight excluding hydrogens is 480 g/mol. The molecule has 0 bridgehead atoms. The number of rotatable bonds is 0. The monoisotopic (exact) mass is 540 g/mol. The van der Waals surface area contributed by atoms with Gasteiger partial charge in [-0.3, -0.25) is 0 Å². The zero-order valence-corrected chi connectivity index (χ0v) is 28.1. The van der Waals surface area contributed by atoms with E-state index >= 15 is 0 Å². The van der Waals surface area contributed by atoms with E-state index in [0.717, 1.165) is 29.0 Å². The smallest absolute Gasteiger partial charge is 0.111 e. The Hall–Kier alpha value is -2.16. The van der Waals surface area contributed by atoms with Gasteiger partial charge >= 0.3 is 0 Å². The largest absolute Gasteiger partial charge is 0.469 e. The molecule has 4 rings (SSSR count). The lowest BCUT2D eigenvalue weighted by Gasteiger charge is -2.26. The maximum atomic E-state index is 5.45. The van der Waals surface area contributed by atoms with Crippen LogP contribution in [0.3, 0.4) is 0 Å². The van der Waals surface area contributed by atoms with Crippen molar-refractivity contribution in [1.82, 2.24) is 0 Å². The molecule has 0 saturated heterocycles. The summed E-state index contributed by atoms with van der Waals surface area (Å²) in [5.41, 5.74) is 3.46. The first-order valence-corrected chi connectivity index (χ1v) is 14.8. The predicted octanol–water partition coefficient (Wildman–Crippen LogP) is 11.9. The van der Waals surface area contributed by atoms with E-state index in [1.54, 1.807) is 12.5 Å². The molecule has 0 N–H and O–H groups in total. The molecule has 3 heteroatoms. The molecular formula is C36H60O3. The number of aryl methyl sites for hydroxylation is 3. The summed E-state index contributed by atoms with van der Waals surface area (Å²) in [4.78, 5) is 0. The van der Waals surface area contributed by atoms with Gasteiger partial charge in [0.1, 0.15) is 23.0 Å². The third kappa shape index (κ3) is 12.7. The highest BCUT2D eigenvalue weighted by Crippen LogP contribution is 2.38. The molecule has 1 saturated carbocycles. The highest BCUT2D eigenvalue weighted by molar-refractivity contribution is 5.21. The zero-order chi connectivity index (χ0) is 30.2. The molecule has 0 aromatic carbocycles. The summed E-state index contributed by atoms with van der Waals surface area (Å²) in [7, 11) is 0. The average molecular weight is 541 g/mol. The summed E-state index contributed by atoms with van der Waals surface area (Å²) in [6.45, 7) is 32.5. The first kappa shape index (κ1) is 34.9. The molecule has 222 valence electrons. The minimum absolute atomic E-state index is 0.146. The maximum Gasteiger partial charge on any atom is 0.111 e. The molecule has 39 heavy (non-hydrogen) atoms. The van der Waals surface area contributed by atoms with Gasteiger partial charge in [0.25, 0.3) is 0 Å². The van der Waals surface area contributed by atoms with E-state index < -0.39 is 0 Å². The van der Waals surface area contributed by atoms with E-state index in [0.29, 0.717) is 5.41 Å². The lowest BCUT2D eigenvalue weighted by atomic mass is 9.80. The van der Waals surface area contributed by atoms with Gasteiger partial charge in [0.2, 0.25) is 0 Å². The number of hydrogen-bond donors (Lipinski definition) is 0. The van der Waals surface area contributed by atoms with E-state index in [1.807, 2.05) is 32.0 Å². The average Bonchev–Trinajstić information content (AvgIpc) is 3.54. The van der Waals surface area contributed by atoms with E-state index in [-0.39, 0.29) is 16.2 Å². The third-order valence-electron chi connectivity index (χ3n) is 7.07. The Morgan fingerprint density at radius 2 is 1.18 bits per heavy atom. The normalized spacial score (nSPS) is 14.5. The fraction of sp³-hybridized carbons (Fsp3) is 0.667. The summed E-state index contributed by atoms with van der Waals surface area (Å²) < 4.78 is 16.1. The molecule has 3 aromatic rings. The Labute approximate surface area is 241 Å². The first-order valence-electron chi connectivity index (χ1n) is 14.8. The molecule has 3 aromatic heterocycles. The van der Waals surface area contributed by atoms with Crippen molar-refractivity contribution < 1.29 is 13.3 Å². The Bertz CT molecular complexity index is 1020. The molecule has 3 heterocycles. The summed E-state index contributed by atoms with van der Waals surface area (Å²) in [5.74, 6) is 5.21. The second kappa shape index (κ2) is 14.0. The molecule has 0 spiro atoms. The molecule has 0 radical (unpaired) electrons. The van der Waals surface area contributed by atoms with Crippen LogP contribution < -0.4 is 0 Å². The molecule has 0 amide bonds. The lowest BCUT2D eigenvalue weighted by molar-refractivity contribution is 0.246. The minimum Gasteiger partial charge on any atom is -0.469 e. The van der Waals surface area contributed by atoms with E-state index in [9.17, 15) is 0 Å². The summed E-state index contributed by atoms with van der Waals surface area (Å²) >= 11 is 0. The van der Waals surface area contributed by atoms with Crippen molar-refractivity contribution in [2.75, 3.05) is 0 Å². The van der Waals surface area contributed by atoms with Crippen molar-refractivity contribution >= 4 is 0 Å². The van der Waals surface area contributed by atoms with E-state index in [1.165, 1.54) is 36.8 Å². The summed E-state index contributed by atoms with van der Waals surface area (Å²) in [5, 5.41) is 0. The van der Waals surface area contributed by atoms with Crippen LogP contribution in [0.25, 0.3) is 0 Å². The number of hydrogen-bond acceptors (Lipinski definition) is 3. The molecule has 1 aliphatic rings. The van der Waals surface area contributed by atoms with Crippen molar-refractivity contribution in [3.05, 3.63) is 71.0 Å². The molecule has 0 aliphatic heterocycles. The molecule has 1 fully saturated rings. The lowest BCUT2D eigenvalue weighted by Crippen LogP contribution is -2.16. The molecule has 0 atom stereocenters. The van der Waals surface area contributed by atoms with Crippen LogP contribution in [0.5, 0.6) is 0 Å². The summed E-state index contributed by atoms with van der Waals surface area (Å²) in [6, 6.07) is 8.12. The Kier molecular flexibility index (Phi) is 12.5. The van der Waals surface area contributed by atoms with Gasteiger partial charge in [0.05, 0.1) is 12.5 Å². The van der Waals surface area contributed by atoms with Crippen molar-refractivity contribution in [2.24, 2.45) is 11.3 Å². The molecule has 1 aliphatic carbocycles. The van der Waals surface area contributed by atoms with Gasteiger partial charge in [0.15, 0.2) is 0 Å². The highest BCUT2D eigenvalue weighted by Gasteiger charge is 2.27. The van der Waals surface area contributed by atoms with Crippen LogP contribution in [0, 0.1) is 32.1 Å².